The number of hydrogen-bond donors (Lipinski definition) is 0. The fraction of sp³-hybridized carbons (Fsp3) is 0.417. The van der Waals surface area contributed by atoms with Gasteiger partial charge < -0.3 is 0 Å². The van der Waals surface area contributed by atoms with Crippen molar-refractivity contribution in [1.29, 1.82) is 0 Å². The summed E-state index contributed by atoms with van der Waals surface area (Å²) in [5.74, 6) is 0.590. The topological polar surface area (TPSA) is 17.1 Å². The molecular weight excluding hydrogens is 249 g/mol. The molecule has 0 aliphatic carbocycles. The zero-order valence-corrected chi connectivity index (χ0v) is 10.4. The number of Topliss-reactive ketones (excluding diaryl/α,β-unsaturated/α-hetero) is 1. The molecule has 1 unspecified atom stereocenters. The second-order valence-corrected chi connectivity index (χ2v) is 4.94. The summed E-state index contributed by atoms with van der Waals surface area (Å²) in [6, 6.07) is 4.97. The molecule has 0 aromatic heterocycles. The summed E-state index contributed by atoms with van der Waals surface area (Å²) in [7, 11) is 0. The third-order valence-corrected chi connectivity index (χ3v) is 3.65. The Hall–Kier alpha value is -0.970. The molecule has 0 radical (unpaired) electrons. The first kappa shape index (κ1) is 14.1. The molecule has 5 heteroatoms. The maximum Gasteiger partial charge on any atom is 0.416 e. The van der Waals surface area contributed by atoms with Gasteiger partial charge in [0.1, 0.15) is 5.78 Å². The van der Waals surface area contributed by atoms with E-state index in [1.54, 1.807) is 6.92 Å². The fourth-order valence-corrected chi connectivity index (χ4v) is 2.08. The summed E-state index contributed by atoms with van der Waals surface area (Å²) < 4.78 is 36.9. The number of benzene rings is 1. The average molecular weight is 262 g/mol. The van der Waals surface area contributed by atoms with Gasteiger partial charge in [0.15, 0.2) is 0 Å². The van der Waals surface area contributed by atoms with Gasteiger partial charge in [-0.15, -0.1) is 11.8 Å². The largest absolute Gasteiger partial charge is 0.416 e. The lowest BCUT2D eigenvalue weighted by Gasteiger charge is -2.09. The second kappa shape index (κ2) is 5.58. The molecular formula is C12H13F3OS. The highest BCUT2D eigenvalue weighted by molar-refractivity contribution is 7.99. The first-order chi connectivity index (χ1) is 7.80. The van der Waals surface area contributed by atoms with Crippen molar-refractivity contribution in [3.63, 3.8) is 0 Å². The Morgan fingerprint density at radius 3 is 2.24 bits per heavy atom. The second-order valence-electron chi connectivity index (χ2n) is 3.84. The van der Waals surface area contributed by atoms with Crippen LogP contribution in [0.2, 0.25) is 0 Å². The number of carbonyl (C=O) groups is 1. The Labute approximate surface area is 102 Å². The van der Waals surface area contributed by atoms with E-state index in [2.05, 4.69) is 0 Å². The average Bonchev–Trinajstić information content (AvgIpc) is 2.25. The molecule has 0 fully saturated rings. The van der Waals surface area contributed by atoms with E-state index in [4.69, 9.17) is 0 Å². The quantitative estimate of drug-likeness (QED) is 0.762. The fourth-order valence-electron chi connectivity index (χ4n) is 1.08. The van der Waals surface area contributed by atoms with Gasteiger partial charge in [0.25, 0.3) is 0 Å². The van der Waals surface area contributed by atoms with Crippen LogP contribution in [0.3, 0.4) is 0 Å². The first-order valence-corrected chi connectivity index (χ1v) is 6.10. The van der Waals surface area contributed by atoms with E-state index in [1.165, 1.54) is 30.8 Å². The van der Waals surface area contributed by atoms with Crippen molar-refractivity contribution in [2.75, 3.05) is 5.75 Å². The van der Waals surface area contributed by atoms with E-state index < -0.39 is 11.7 Å². The van der Waals surface area contributed by atoms with Crippen LogP contribution in [0, 0.1) is 5.92 Å². The highest BCUT2D eigenvalue weighted by atomic mass is 32.2. The van der Waals surface area contributed by atoms with Crippen molar-refractivity contribution in [2.24, 2.45) is 5.92 Å². The third kappa shape index (κ3) is 4.42. The van der Waals surface area contributed by atoms with Crippen molar-refractivity contribution in [1.82, 2.24) is 0 Å². The minimum Gasteiger partial charge on any atom is -0.300 e. The number of ketones is 1. The number of thioether (sulfide) groups is 1. The smallest absolute Gasteiger partial charge is 0.300 e. The lowest BCUT2D eigenvalue weighted by Crippen LogP contribution is -2.08. The standard InChI is InChI=1S/C12H13F3OS/c1-8(9(2)16)7-17-11-5-3-10(4-6-11)12(13,14)15/h3-6,8H,7H2,1-2H3. The molecule has 0 heterocycles. The summed E-state index contributed by atoms with van der Waals surface area (Å²) in [5.41, 5.74) is -0.651. The summed E-state index contributed by atoms with van der Waals surface area (Å²) in [4.78, 5) is 11.7. The van der Waals surface area contributed by atoms with Crippen LogP contribution < -0.4 is 0 Å². The van der Waals surface area contributed by atoms with Crippen molar-refractivity contribution < 1.29 is 18.0 Å². The van der Waals surface area contributed by atoms with Gasteiger partial charge in [-0.3, -0.25) is 4.79 Å². The minimum absolute atomic E-state index is 0.0812. The van der Waals surface area contributed by atoms with E-state index >= 15 is 0 Å². The van der Waals surface area contributed by atoms with E-state index in [-0.39, 0.29) is 11.7 Å². The molecule has 0 saturated heterocycles. The molecule has 0 aliphatic heterocycles. The summed E-state index contributed by atoms with van der Waals surface area (Å²) >= 11 is 1.39. The predicted octanol–water partition coefficient (Wildman–Crippen LogP) is 4.02. The van der Waals surface area contributed by atoms with E-state index in [1.807, 2.05) is 0 Å². The Morgan fingerprint density at radius 2 is 1.82 bits per heavy atom. The number of rotatable bonds is 4. The molecule has 0 aliphatic rings. The Kier molecular flexibility index (Phi) is 4.62. The zero-order chi connectivity index (χ0) is 13.1. The lowest BCUT2D eigenvalue weighted by molar-refractivity contribution is -0.137. The van der Waals surface area contributed by atoms with Crippen molar-refractivity contribution >= 4 is 17.5 Å². The van der Waals surface area contributed by atoms with Gasteiger partial charge in [-0.1, -0.05) is 6.92 Å². The number of carbonyl (C=O) groups excluding carboxylic acids is 1. The number of alkyl halides is 3. The van der Waals surface area contributed by atoms with Crippen LogP contribution >= 0.6 is 11.8 Å². The van der Waals surface area contributed by atoms with Crippen molar-refractivity contribution in [2.45, 2.75) is 24.9 Å². The molecule has 17 heavy (non-hydrogen) atoms. The van der Waals surface area contributed by atoms with Crippen LogP contribution in [0.1, 0.15) is 19.4 Å². The molecule has 1 atom stereocenters. The normalized spacial score (nSPS) is 13.5. The van der Waals surface area contributed by atoms with Crippen molar-refractivity contribution in [3.8, 4) is 0 Å². The van der Waals surface area contributed by atoms with Gasteiger partial charge in [0, 0.05) is 16.6 Å². The molecule has 1 aromatic rings. The molecule has 1 rings (SSSR count). The predicted molar refractivity (Wildman–Crippen MR) is 62.0 cm³/mol. The number of halogens is 3. The van der Waals surface area contributed by atoms with E-state index in [0.717, 1.165) is 17.0 Å². The van der Waals surface area contributed by atoms with Crippen LogP contribution in [0.4, 0.5) is 13.2 Å². The molecule has 1 nitrogen and oxygen atoms in total. The Bertz CT molecular complexity index is 384. The monoisotopic (exact) mass is 262 g/mol. The van der Waals surface area contributed by atoms with Crippen LogP contribution in [0.15, 0.2) is 29.2 Å². The van der Waals surface area contributed by atoms with Crippen LogP contribution in [-0.4, -0.2) is 11.5 Å². The SMILES string of the molecule is CC(=O)C(C)CSc1ccc(C(F)(F)F)cc1. The lowest BCUT2D eigenvalue weighted by atomic mass is 10.1. The third-order valence-electron chi connectivity index (χ3n) is 2.38. The Morgan fingerprint density at radius 1 is 1.29 bits per heavy atom. The number of hydrogen-bond acceptors (Lipinski definition) is 2. The molecule has 94 valence electrons. The minimum atomic E-state index is -4.30. The van der Waals surface area contributed by atoms with Gasteiger partial charge in [-0.2, -0.15) is 13.2 Å². The maximum atomic E-state index is 12.3. The van der Waals surface area contributed by atoms with Crippen LogP contribution in [-0.2, 0) is 11.0 Å². The van der Waals surface area contributed by atoms with Crippen molar-refractivity contribution in [3.05, 3.63) is 29.8 Å². The van der Waals surface area contributed by atoms with Gasteiger partial charge in [-0.05, 0) is 31.2 Å². The summed E-state index contributed by atoms with van der Waals surface area (Å²) in [6.45, 7) is 3.32. The van der Waals surface area contributed by atoms with Gasteiger partial charge >= 0.3 is 6.18 Å². The molecule has 0 saturated carbocycles. The highest BCUT2D eigenvalue weighted by Crippen LogP contribution is 2.31. The highest BCUT2D eigenvalue weighted by Gasteiger charge is 2.29. The molecule has 0 spiro atoms. The zero-order valence-electron chi connectivity index (χ0n) is 9.54. The molecule has 0 amide bonds. The van der Waals surface area contributed by atoms with Crippen LogP contribution in [0.25, 0.3) is 0 Å². The van der Waals surface area contributed by atoms with Crippen LogP contribution in [0.5, 0.6) is 0 Å². The van der Waals surface area contributed by atoms with E-state index in [9.17, 15) is 18.0 Å². The maximum absolute atomic E-state index is 12.3. The summed E-state index contributed by atoms with van der Waals surface area (Å²) in [6.07, 6.45) is -4.30. The van der Waals surface area contributed by atoms with Gasteiger partial charge in [0.05, 0.1) is 5.56 Å². The van der Waals surface area contributed by atoms with Gasteiger partial charge in [-0.25, -0.2) is 0 Å². The van der Waals surface area contributed by atoms with Gasteiger partial charge in [0.2, 0.25) is 0 Å². The van der Waals surface area contributed by atoms with E-state index in [0.29, 0.717) is 5.75 Å². The molecule has 1 aromatic carbocycles. The first-order valence-electron chi connectivity index (χ1n) is 5.11. The molecule has 0 bridgehead atoms. The summed E-state index contributed by atoms with van der Waals surface area (Å²) in [5, 5.41) is 0. The molecule has 0 N–H and O–H groups in total. The Balaban J connectivity index is 2.60.